The van der Waals surface area contributed by atoms with Crippen molar-refractivity contribution < 1.29 is 19.1 Å². The molecule has 0 unspecified atom stereocenters. The maximum absolute atomic E-state index is 12.6. The topological polar surface area (TPSA) is 69.6 Å². The van der Waals surface area contributed by atoms with E-state index in [2.05, 4.69) is 0 Å². The standard InChI is InChI=1S/C6H9FN2O3/c1-8-6(12)5(7)2-9(3-10)4-11/h2-3,11H,4H2,1H3,(H,8,12)/b5-2+. The van der Waals surface area contributed by atoms with Gasteiger partial charge in [0.2, 0.25) is 12.2 Å². The molecule has 6 heteroatoms. The quantitative estimate of drug-likeness (QED) is 0.326. The number of nitrogens with zero attached hydrogens (tertiary/aromatic N) is 1. The third-order valence-corrected chi connectivity index (χ3v) is 1.02. The largest absolute Gasteiger partial charge is 0.376 e. The van der Waals surface area contributed by atoms with Crippen molar-refractivity contribution in [2.75, 3.05) is 13.8 Å². The number of aliphatic hydroxyl groups is 1. The number of aliphatic hydroxyl groups excluding tert-OH is 1. The summed E-state index contributed by atoms with van der Waals surface area (Å²) in [4.78, 5) is 21.1. The van der Waals surface area contributed by atoms with E-state index in [0.29, 0.717) is 11.1 Å². The number of nitrogens with one attached hydrogen (secondary N) is 1. The average Bonchev–Trinajstić information content (AvgIpc) is 2.12. The molecule has 0 saturated heterocycles. The van der Waals surface area contributed by atoms with E-state index in [1.807, 2.05) is 5.32 Å². The summed E-state index contributed by atoms with van der Waals surface area (Å²) < 4.78 is 12.6. The van der Waals surface area contributed by atoms with Crippen molar-refractivity contribution in [3.05, 3.63) is 12.0 Å². The lowest BCUT2D eigenvalue weighted by molar-refractivity contribution is -0.119. The monoisotopic (exact) mass is 176 g/mol. The first-order valence-corrected chi connectivity index (χ1v) is 3.07. The van der Waals surface area contributed by atoms with Crippen LogP contribution in [-0.2, 0) is 9.59 Å². The summed E-state index contributed by atoms with van der Waals surface area (Å²) in [6.07, 6.45) is 0.800. The van der Waals surface area contributed by atoms with Gasteiger partial charge in [-0.25, -0.2) is 0 Å². The Labute approximate surface area is 68.5 Å². The van der Waals surface area contributed by atoms with Crippen LogP contribution >= 0.6 is 0 Å². The first kappa shape index (κ1) is 10.6. The van der Waals surface area contributed by atoms with Gasteiger partial charge >= 0.3 is 0 Å². The molecule has 0 spiro atoms. The van der Waals surface area contributed by atoms with Crippen molar-refractivity contribution in [2.45, 2.75) is 0 Å². The first-order valence-electron chi connectivity index (χ1n) is 3.07. The van der Waals surface area contributed by atoms with Crippen LogP contribution in [0.5, 0.6) is 0 Å². The minimum atomic E-state index is -1.14. The maximum atomic E-state index is 12.6. The van der Waals surface area contributed by atoms with Crippen molar-refractivity contribution in [3.8, 4) is 0 Å². The molecule has 0 atom stereocenters. The minimum Gasteiger partial charge on any atom is -0.376 e. The van der Waals surface area contributed by atoms with E-state index >= 15 is 0 Å². The summed E-state index contributed by atoms with van der Waals surface area (Å²) in [6.45, 7) is -0.673. The van der Waals surface area contributed by atoms with Crippen LogP contribution in [0, 0.1) is 0 Å². The van der Waals surface area contributed by atoms with Gasteiger partial charge in [0.05, 0.1) is 6.20 Å². The molecule has 0 aromatic rings. The molecule has 0 rings (SSSR count). The molecule has 0 heterocycles. The summed E-state index contributed by atoms with van der Waals surface area (Å²) in [5.74, 6) is -2.09. The Morgan fingerprint density at radius 2 is 2.33 bits per heavy atom. The molecule has 0 aromatic heterocycles. The van der Waals surface area contributed by atoms with Crippen LogP contribution in [0.2, 0.25) is 0 Å². The fraction of sp³-hybridized carbons (Fsp3) is 0.333. The minimum absolute atomic E-state index is 0.197. The smallest absolute Gasteiger partial charge is 0.281 e. The zero-order valence-electron chi connectivity index (χ0n) is 6.45. The van der Waals surface area contributed by atoms with Crippen molar-refractivity contribution in [1.82, 2.24) is 10.2 Å². The van der Waals surface area contributed by atoms with Gasteiger partial charge in [-0.1, -0.05) is 0 Å². The van der Waals surface area contributed by atoms with Crippen molar-refractivity contribution in [2.24, 2.45) is 0 Å². The Bertz CT molecular complexity index is 205. The van der Waals surface area contributed by atoms with Gasteiger partial charge in [-0.15, -0.1) is 0 Å². The van der Waals surface area contributed by atoms with Crippen LogP contribution in [0.4, 0.5) is 4.39 Å². The maximum Gasteiger partial charge on any atom is 0.281 e. The summed E-state index contributed by atoms with van der Waals surface area (Å²) in [6, 6.07) is 0. The number of hydrogen-bond donors (Lipinski definition) is 2. The van der Waals surface area contributed by atoms with E-state index in [1.54, 1.807) is 0 Å². The molecule has 12 heavy (non-hydrogen) atoms. The highest BCUT2D eigenvalue weighted by Gasteiger charge is 2.07. The van der Waals surface area contributed by atoms with Gasteiger partial charge < -0.3 is 10.4 Å². The van der Waals surface area contributed by atoms with Gasteiger partial charge in [-0.05, 0) is 0 Å². The van der Waals surface area contributed by atoms with Gasteiger partial charge in [-0.3, -0.25) is 14.5 Å². The van der Waals surface area contributed by atoms with Crippen LogP contribution in [0.1, 0.15) is 0 Å². The van der Waals surface area contributed by atoms with E-state index in [0.717, 1.165) is 0 Å². The second-order valence-corrected chi connectivity index (χ2v) is 1.82. The normalized spacial score (nSPS) is 10.8. The van der Waals surface area contributed by atoms with Crippen molar-refractivity contribution >= 4 is 12.3 Å². The number of halogens is 1. The van der Waals surface area contributed by atoms with Gasteiger partial charge in [0.1, 0.15) is 6.73 Å². The van der Waals surface area contributed by atoms with Crippen molar-refractivity contribution in [3.63, 3.8) is 0 Å². The molecular formula is C6H9FN2O3. The third kappa shape index (κ3) is 3.11. The number of rotatable bonds is 4. The third-order valence-electron chi connectivity index (χ3n) is 1.02. The van der Waals surface area contributed by atoms with Crippen LogP contribution in [0.25, 0.3) is 0 Å². The Morgan fingerprint density at radius 1 is 1.75 bits per heavy atom. The number of likely N-dealkylation sites (N-methyl/N-ethyl adjacent to an activating group) is 1. The zero-order chi connectivity index (χ0) is 9.56. The molecule has 0 aliphatic rings. The molecule has 2 N–H and O–H groups in total. The van der Waals surface area contributed by atoms with Crippen LogP contribution in [0.3, 0.4) is 0 Å². The van der Waals surface area contributed by atoms with E-state index < -0.39 is 18.5 Å². The summed E-state index contributed by atoms with van der Waals surface area (Å²) in [7, 11) is 1.25. The fourth-order valence-electron chi connectivity index (χ4n) is 0.428. The zero-order valence-corrected chi connectivity index (χ0v) is 6.45. The second-order valence-electron chi connectivity index (χ2n) is 1.82. The van der Waals surface area contributed by atoms with Crippen LogP contribution in [-0.4, -0.2) is 36.1 Å². The summed E-state index contributed by atoms with van der Waals surface area (Å²) in [5, 5.41) is 10.4. The number of hydrogen-bond acceptors (Lipinski definition) is 3. The average molecular weight is 176 g/mol. The highest BCUT2D eigenvalue weighted by atomic mass is 19.1. The summed E-state index contributed by atoms with van der Waals surface area (Å²) >= 11 is 0. The SMILES string of the molecule is CNC(=O)/C(F)=C\N(C=O)CO. The van der Waals surface area contributed by atoms with Crippen molar-refractivity contribution in [1.29, 1.82) is 0 Å². The van der Waals surface area contributed by atoms with E-state index in [4.69, 9.17) is 5.11 Å². The Balaban J connectivity index is 4.31. The molecule has 0 saturated carbocycles. The molecule has 0 aliphatic carbocycles. The van der Waals surface area contributed by atoms with Gasteiger partial charge in [0, 0.05) is 7.05 Å². The lowest BCUT2D eigenvalue weighted by Crippen LogP contribution is -2.22. The number of amides is 2. The molecule has 2 amide bonds. The lowest BCUT2D eigenvalue weighted by atomic mass is 10.5. The molecular weight excluding hydrogens is 167 g/mol. The Hall–Kier alpha value is -1.43. The van der Waals surface area contributed by atoms with Gasteiger partial charge in [0.25, 0.3) is 5.91 Å². The van der Waals surface area contributed by atoms with Crippen LogP contribution < -0.4 is 5.32 Å². The molecule has 68 valence electrons. The number of carbonyl (C=O) groups excluding carboxylic acids is 2. The molecule has 0 bridgehead atoms. The second kappa shape index (κ2) is 5.25. The predicted molar refractivity (Wildman–Crippen MR) is 38.2 cm³/mol. The Kier molecular flexibility index (Phi) is 4.62. The van der Waals surface area contributed by atoms with E-state index in [1.165, 1.54) is 7.05 Å². The van der Waals surface area contributed by atoms with Crippen LogP contribution in [0.15, 0.2) is 12.0 Å². The first-order chi connectivity index (χ1) is 5.65. The molecule has 0 radical (unpaired) electrons. The Morgan fingerprint density at radius 3 is 2.67 bits per heavy atom. The highest BCUT2D eigenvalue weighted by Crippen LogP contribution is 1.97. The number of carbonyl (C=O) groups is 2. The lowest BCUT2D eigenvalue weighted by Gasteiger charge is -2.06. The highest BCUT2D eigenvalue weighted by molar-refractivity contribution is 5.90. The molecule has 5 nitrogen and oxygen atoms in total. The molecule has 0 fully saturated rings. The van der Waals surface area contributed by atoms with Gasteiger partial charge in [-0.2, -0.15) is 4.39 Å². The fourth-order valence-corrected chi connectivity index (χ4v) is 0.428. The van der Waals surface area contributed by atoms with E-state index in [-0.39, 0.29) is 6.41 Å². The molecule has 0 aromatic carbocycles. The molecule has 0 aliphatic heterocycles. The van der Waals surface area contributed by atoms with E-state index in [9.17, 15) is 14.0 Å². The predicted octanol–water partition coefficient (Wildman–Crippen LogP) is -1.05. The summed E-state index contributed by atoms with van der Waals surface area (Å²) in [5.41, 5.74) is 0. The van der Waals surface area contributed by atoms with Gasteiger partial charge in [0.15, 0.2) is 0 Å².